The first-order valence-electron chi connectivity index (χ1n) is 6.78. The van der Waals surface area contributed by atoms with Crippen molar-refractivity contribution in [3.63, 3.8) is 0 Å². The Morgan fingerprint density at radius 1 is 0.950 bits per heavy atom. The van der Waals surface area contributed by atoms with Gasteiger partial charge in [-0.2, -0.15) is 0 Å². The Hall–Kier alpha value is -2.29. The van der Waals surface area contributed by atoms with Crippen LogP contribution in [0.5, 0.6) is 11.5 Å². The topological polar surface area (TPSA) is 35.5 Å². The molecule has 0 heterocycles. The van der Waals surface area contributed by atoms with Crippen LogP contribution < -0.4 is 9.47 Å². The minimum absolute atomic E-state index is 0.352. The normalized spacial score (nSPS) is 10.1. The Kier molecular flexibility index (Phi) is 4.77. The Balaban J connectivity index is 2.24. The fraction of sp³-hybridized carbons (Fsp3) is 0.235. The maximum absolute atomic E-state index is 12.3. The van der Waals surface area contributed by atoms with Crippen molar-refractivity contribution in [1.82, 2.24) is 0 Å². The van der Waals surface area contributed by atoms with Crippen LogP contribution in [0, 0.1) is 0 Å². The van der Waals surface area contributed by atoms with Crippen molar-refractivity contribution in [2.24, 2.45) is 0 Å². The van der Waals surface area contributed by atoms with Crippen LogP contribution in [-0.2, 0) is 6.42 Å². The van der Waals surface area contributed by atoms with E-state index in [0.717, 1.165) is 12.0 Å². The molecule has 0 N–H and O–H groups in total. The van der Waals surface area contributed by atoms with E-state index < -0.39 is 0 Å². The molecule has 0 bridgehead atoms. The molecule has 3 heteroatoms. The van der Waals surface area contributed by atoms with Crippen LogP contribution in [0.1, 0.15) is 29.8 Å². The summed E-state index contributed by atoms with van der Waals surface area (Å²) < 4.78 is 10.9. The fourth-order valence-electron chi connectivity index (χ4n) is 1.99. The summed E-state index contributed by atoms with van der Waals surface area (Å²) in [6, 6.07) is 14.7. The van der Waals surface area contributed by atoms with Crippen molar-refractivity contribution in [3.8, 4) is 11.5 Å². The number of hydrogen-bond acceptors (Lipinski definition) is 3. The molecule has 0 aliphatic carbocycles. The lowest BCUT2D eigenvalue weighted by Gasteiger charge is -2.11. The number of benzene rings is 2. The molecule has 0 aliphatic rings. The van der Waals surface area contributed by atoms with Gasteiger partial charge in [0.1, 0.15) is 0 Å². The maximum Gasteiger partial charge on any atom is 0.343 e. The van der Waals surface area contributed by atoms with Crippen LogP contribution in [0.25, 0.3) is 0 Å². The Morgan fingerprint density at radius 2 is 1.60 bits per heavy atom. The van der Waals surface area contributed by atoms with Crippen molar-refractivity contribution < 1.29 is 14.3 Å². The van der Waals surface area contributed by atoms with Crippen LogP contribution in [0.15, 0.2) is 48.5 Å². The maximum atomic E-state index is 12.3. The number of carbonyl (C=O) groups excluding carboxylic acids is 1. The summed E-state index contributed by atoms with van der Waals surface area (Å²) in [6.07, 6.45) is 0.790. The number of ether oxygens (including phenoxy) is 2. The predicted octanol–water partition coefficient (Wildman–Crippen LogP) is 3.87. The fourth-order valence-corrected chi connectivity index (χ4v) is 1.99. The summed E-state index contributed by atoms with van der Waals surface area (Å²) in [4.78, 5) is 12.3. The SMILES string of the molecule is CCOc1ccccc1OC(=O)c1ccccc1CC. The number of hydrogen-bond donors (Lipinski definition) is 0. The molecular weight excluding hydrogens is 252 g/mol. The van der Waals surface area contributed by atoms with E-state index in [2.05, 4.69) is 0 Å². The van der Waals surface area contributed by atoms with Crippen molar-refractivity contribution in [3.05, 3.63) is 59.7 Å². The monoisotopic (exact) mass is 270 g/mol. The molecule has 3 nitrogen and oxygen atoms in total. The van der Waals surface area contributed by atoms with Gasteiger partial charge in [-0.25, -0.2) is 4.79 Å². The van der Waals surface area contributed by atoms with E-state index in [0.29, 0.717) is 23.7 Å². The van der Waals surface area contributed by atoms with E-state index in [1.165, 1.54) is 0 Å². The molecule has 0 unspecified atom stereocenters. The van der Waals surface area contributed by atoms with Crippen molar-refractivity contribution in [2.45, 2.75) is 20.3 Å². The van der Waals surface area contributed by atoms with E-state index in [-0.39, 0.29) is 5.97 Å². The second kappa shape index (κ2) is 6.75. The summed E-state index contributed by atoms with van der Waals surface area (Å²) in [7, 11) is 0. The Bertz CT molecular complexity index is 590. The second-order valence-corrected chi connectivity index (χ2v) is 4.28. The molecule has 0 fully saturated rings. The molecular formula is C17H18O3. The molecule has 0 atom stereocenters. The highest BCUT2D eigenvalue weighted by atomic mass is 16.6. The zero-order valence-corrected chi connectivity index (χ0v) is 11.8. The van der Waals surface area contributed by atoms with Gasteiger partial charge in [-0.1, -0.05) is 37.3 Å². The molecule has 20 heavy (non-hydrogen) atoms. The van der Waals surface area contributed by atoms with Crippen LogP contribution in [0.2, 0.25) is 0 Å². The summed E-state index contributed by atoms with van der Waals surface area (Å²) >= 11 is 0. The van der Waals surface area contributed by atoms with Gasteiger partial charge < -0.3 is 9.47 Å². The van der Waals surface area contributed by atoms with Crippen molar-refractivity contribution in [2.75, 3.05) is 6.61 Å². The van der Waals surface area contributed by atoms with Gasteiger partial charge in [0.2, 0.25) is 0 Å². The second-order valence-electron chi connectivity index (χ2n) is 4.28. The van der Waals surface area contributed by atoms with Crippen molar-refractivity contribution in [1.29, 1.82) is 0 Å². The largest absolute Gasteiger partial charge is 0.490 e. The zero-order chi connectivity index (χ0) is 14.4. The van der Waals surface area contributed by atoms with Crippen molar-refractivity contribution >= 4 is 5.97 Å². The number of carbonyl (C=O) groups is 1. The highest BCUT2D eigenvalue weighted by molar-refractivity contribution is 5.92. The van der Waals surface area contributed by atoms with E-state index in [1.807, 2.05) is 44.2 Å². The Labute approximate surface area is 119 Å². The lowest BCUT2D eigenvalue weighted by atomic mass is 10.1. The third kappa shape index (κ3) is 3.18. The number of rotatable bonds is 5. The molecule has 0 aromatic heterocycles. The van der Waals surface area contributed by atoms with Gasteiger partial charge >= 0.3 is 5.97 Å². The third-order valence-corrected chi connectivity index (χ3v) is 2.97. The third-order valence-electron chi connectivity index (χ3n) is 2.97. The quantitative estimate of drug-likeness (QED) is 0.611. The van der Waals surface area contributed by atoms with Crippen LogP contribution >= 0.6 is 0 Å². The minimum atomic E-state index is -0.352. The summed E-state index contributed by atoms with van der Waals surface area (Å²) in [5, 5.41) is 0. The molecule has 0 aliphatic heterocycles. The summed E-state index contributed by atoms with van der Waals surface area (Å²) in [5.74, 6) is 0.678. The molecule has 0 saturated carbocycles. The van der Waals surface area contributed by atoms with Gasteiger partial charge in [0.25, 0.3) is 0 Å². The average molecular weight is 270 g/mol. The summed E-state index contributed by atoms with van der Waals surface area (Å²) in [5.41, 5.74) is 1.58. The predicted molar refractivity (Wildman–Crippen MR) is 78.4 cm³/mol. The zero-order valence-electron chi connectivity index (χ0n) is 11.8. The first kappa shape index (κ1) is 14.1. The summed E-state index contributed by atoms with van der Waals surface area (Å²) in [6.45, 7) is 4.44. The average Bonchev–Trinajstić information content (AvgIpc) is 2.49. The highest BCUT2D eigenvalue weighted by Gasteiger charge is 2.14. The minimum Gasteiger partial charge on any atom is -0.490 e. The van der Waals surface area contributed by atoms with Gasteiger partial charge in [0.05, 0.1) is 12.2 Å². The van der Waals surface area contributed by atoms with E-state index >= 15 is 0 Å². The molecule has 0 saturated heterocycles. The van der Waals surface area contributed by atoms with E-state index in [1.54, 1.807) is 18.2 Å². The van der Waals surface area contributed by atoms with E-state index in [4.69, 9.17) is 9.47 Å². The van der Waals surface area contributed by atoms with Gasteiger partial charge in [0.15, 0.2) is 11.5 Å². The smallest absolute Gasteiger partial charge is 0.343 e. The van der Waals surface area contributed by atoms with E-state index in [9.17, 15) is 4.79 Å². The van der Waals surface area contributed by atoms with Gasteiger partial charge in [-0.15, -0.1) is 0 Å². The number of para-hydroxylation sites is 2. The van der Waals surface area contributed by atoms with Gasteiger partial charge in [-0.3, -0.25) is 0 Å². The van der Waals surface area contributed by atoms with Crippen LogP contribution in [-0.4, -0.2) is 12.6 Å². The first-order valence-corrected chi connectivity index (χ1v) is 6.78. The lowest BCUT2D eigenvalue weighted by Crippen LogP contribution is -2.11. The van der Waals surface area contributed by atoms with Gasteiger partial charge in [-0.05, 0) is 37.1 Å². The van der Waals surface area contributed by atoms with Crippen LogP contribution in [0.4, 0.5) is 0 Å². The standard InChI is InChI=1S/C17H18O3/c1-3-13-9-5-6-10-14(13)17(18)20-16-12-8-7-11-15(16)19-4-2/h5-12H,3-4H2,1-2H3. The van der Waals surface area contributed by atoms with Crippen LogP contribution in [0.3, 0.4) is 0 Å². The molecule has 2 aromatic carbocycles. The molecule has 0 amide bonds. The highest BCUT2D eigenvalue weighted by Crippen LogP contribution is 2.27. The molecule has 0 spiro atoms. The first-order chi connectivity index (χ1) is 9.76. The molecule has 2 rings (SSSR count). The molecule has 0 radical (unpaired) electrons. The number of aryl methyl sites for hydroxylation is 1. The Morgan fingerprint density at radius 3 is 2.30 bits per heavy atom. The lowest BCUT2D eigenvalue weighted by molar-refractivity contribution is 0.0727. The number of esters is 1. The molecule has 104 valence electrons. The molecule has 2 aromatic rings. The van der Waals surface area contributed by atoms with Gasteiger partial charge in [0, 0.05) is 0 Å².